The van der Waals surface area contributed by atoms with Crippen LogP contribution in [0.4, 0.5) is 24.5 Å². The van der Waals surface area contributed by atoms with Crippen molar-refractivity contribution in [1.29, 1.82) is 0 Å². The molecule has 5 rings (SSSR count). The number of hydrogen-bond acceptors (Lipinski definition) is 6. The van der Waals surface area contributed by atoms with Gasteiger partial charge in [0.15, 0.2) is 6.61 Å². The number of fused-ring (bicyclic) bond motifs is 1. The number of halogens is 3. The molecule has 0 fully saturated rings. The quantitative estimate of drug-likeness (QED) is 0.363. The summed E-state index contributed by atoms with van der Waals surface area (Å²) in [6, 6.07) is 14.2. The fourth-order valence-electron chi connectivity index (χ4n) is 3.32. The normalized spacial score (nSPS) is 14.2. The van der Waals surface area contributed by atoms with Gasteiger partial charge in [-0.15, -0.1) is 22.7 Å². The van der Waals surface area contributed by atoms with Gasteiger partial charge in [0.05, 0.1) is 28.8 Å². The van der Waals surface area contributed by atoms with E-state index in [2.05, 4.69) is 15.4 Å². The van der Waals surface area contributed by atoms with Crippen LogP contribution in [0.3, 0.4) is 0 Å². The predicted octanol–water partition coefficient (Wildman–Crippen LogP) is 5.74. The van der Waals surface area contributed by atoms with E-state index in [1.165, 1.54) is 34.2 Å². The van der Waals surface area contributed by atoms with E-state index in [1.54, 1.807) is 29.8 Å². The Bertz CT molecular complexity index is 1450. The summed E-state index contributed by atoms with van der Waals surface area (Å²) in [5.74, 6) is 0.272. The number of alkyl halides is 3. The lowest BCUT2D eigenvalue weighted by Gasteiger charge is -2.18. The number of para-hydroxylation sites is 1. The first-order valence-electron chi connectivity index (χ1n) is 9.95. The molecule has 0 bridgehead atoms. The third kappa shape index (κ3) is 4.52. The predicted molar refractivity (Wildman–Crippen MR) is 126 cm³/mol. The molecule has 172 valence electrons. The van der Waals surface area contributed by atoms with Crippen molar-refractivity contribution >= 4 is 46.2 Å². The number of hydrogen-bond donors (Lipinski definition) is 1. The molecular weight excluding hydrogens is 485 g/mol. The lowest BCUT2D eigenvalue weighted by atomic mass is 10.1. The van der Waals surface area contributed by atoms with Gasteiger partial charge in [-0.2, -0.15) is 18.3 Å². The van der Waals surface area contributed by atoms with E-state index >= 15 is 0 Å². The molecule has 34 heavy (non-hydrogen) atoms. The fraction of sp³-hybridized carbons (Fsp3) is 0.0870. The molecule has 2 aromatic carbocycles. The summed E-state index contributed by atoms with van der Waals surface area (Å²) < 4.78 is 47.4. The van der Waals surface area contributed by atoms with Gasteiger partial charge in [-0.3, -0.25) is 4.79 Å². The number of carbonyl (C=O) groups is 1. The van der Waals surface area contributed by atoms with E-state index in [1.807, 2.05) is 17.5 Å². The van der Waals surface area contributed by atoms with Gasteiger partial charge >= 0.3 is 6.18 Å². The smallest absolute Gasteiger partial charge is 0.418 e. The Kier molecular flexibility index (Phi) is 5.80. The molecule has 0 saturated heterocycles. The Morgan fingerprint density at radius 2 is 1.94 bits per heavy atom. The minimum atomic E-state index is -4.54. The van der Waals surface area contributed by atoms with E-state index in [0.29, 0.717) is 22.7 Å². The fourth-order valence-corrected chi connectivity index (χ4v) is 4.75. The van der Waals surface area contributed by atoms with E-state index in [0.717, 1.165) is 22.3 Å². The van der Waals surface area contributed by atoms with Crippen LogP contribution in [0.15, 0.2) is 75.5 Å². The Hall–Kier alpha value is -3.70. The third-order valence-corrected chi connectivity index (χ3v) is 6.49. The number of nitrogens with one attached hydrogen (secondary N) is 1. The van der Waals surface area contributed by atoms with E-state index in [4.69, 9.17) is 4.74 Å². The number of aromatic nitrogens is 1. The third-order valence-electron chi connectivity index (χ3n) is 4.86. The van der Waals surface area contributed by atoms with E-state index < -0.39 is 11.7 Å². The van der Waals surface area contributed by atoms with Crippen molar-refractivity contribution in [3.63, 3.8) is 0 Å². The van der Waals surface area contributed by atoms with Crippen LogP contribution in [-0.4, -0.2) is 23.4 Å². The monoisotopic (exact) mass is 500 g/mol. The molecule has 0 saturated carbocycles. The molecule has 6 nitrogen and oxygen atoms in total. The van der Waals surface area contributed by atoms with E-state index in [9.17, 15) is 18.0 Å². The topological polar surface area (TPSA) is 68.0 Å². The lowest BCUT2D eigenvalue weighted by molar-refractivity contribution is -0.137. The number of nitrogens with zero attached hydrogens (tertiary/aromatic N) is 3. The molecule has 0 aliphatic carbocycles. The maximum atomic E-state index is 13.5. The molecule has 1 N–H and O–H groups in total. The summed E-state index contributed by atoms with van der Waals surface area (Å²) in [5.41, 5.74) is 0.773. The van der Waals surface area contributed by atoms with Crippen LogP contribution >= 0.6 is 22.7 Å². The first kappa shape index (κ1) is 22.1. The van der Waals surface area contributed by atoms with Crippen LogP contribution in [0, 0.1) is 0 Å². The Morgan fingerprint density at radius 3 is 2.74 bits per heavy atom. The second-order valence-electron chi connectivity index (χ2n) is 7.15. The molecule has 0 spiro atoms. The first-order chi connectivity index (χ1) is 16.4. The van der Waals surface area contributed by atoms with Gasteiger partial charge in [0.25, 0.3) is 5.91 Å². The average molecular weight is 501 g/mol. The molecule has 1 aliphatic heterocycles. The molecule has 2 aromatic heterocycles. The maximum absolute atomic E-state index is 13.5. The van der Waals surface area contributed by atoms with Crippen molar-refractivity contribution in [1.82, 2.24) is 4.68 Å². The molecular formula is C23H15F3N4O2S2. The van der Waals surface area contributed by atoms with Crippen molar-refractivity contribution in [3.05, 3.63) is 80.6 Å². The molecule has 0 radical (unpaired) electrons. The van der Waals surface area contributed by atoms with Crippen molar-refractivity contribution < 1.29 is 22.7 Å². The molecule has 0 atom stereocenters. The second kappa shape index (κ2) is 8.92. The lowest BCUT2D eigenvalue weighted by Crippen LogP contribution is -2.25. The van der Waals surface area contributed by atoms with Crippen molar-refractivity contribution in [2.24, 2.45) is 10.1 Å². The van der Waals surface area contributed by atoms with Crippen LogP contribution in [0.1, 0.15) is 10.4 Å². The highest BCUT2D eigenvalue weighted by Crippen LogP contribution is 2.36. The number of benzene rings is 2. The Morgan fingerprint density at radius 1 is 1.09 bits per heavy atom. The van der Waals surface area contributed by atoms with Crippen molar-refractivity contribution in [2.45, 2.75) is 6.18 Å². The molecule has 0 unspecified atom stereocenters. The van der Waals surface area contributed by atoms with Gasteiger partial charge in [-0.25, -0.2) is 9.67 Å². The number of carbonyl (C=O) groups excluding carboxylic acids is 1. The minimum Gasteiger partial charge on any atom is -0.482 e. The van der Waals surface area contributed by atoms with Crippen LogP contribution < -0.4 is 14.9 Å². The molecule has 4 aromatic rings. The summed E-state index contributed by atoms with van der Waals surface area (Å²) in [6.45, 7) is -0.0580. The van der Waals surface area contributed by atoms with Gasteiger partial charge in [-0.05, 0) is 41.8 Å². The molecule has 1 aliphatic rings. The Balaban J connectivity index is 1.66. The summed E-state index contributed by atoms with van der Waals surface area (Å²) in [6.07, 6.45) is -2.92. The van der Waals surface area contributed by atoms with Crippen LogP contribution in [0.5, 0.6) is 5.75 Å². The number of thiophene rings is 1. The summed E-state index contributed by atoms with van der Waals surface area (Å²) in [5, 5.41) is 10.9. The first-order valence-corrected chi connectivity index (χ1v) is 11.7. The zero-order chi connectivity index (χ0) is 23.7. The van der Waals surface area contributed by atoms with Gasteiger partial charge in [-0.1, -0.05) is 18.2 Å². The molecule has 3 heterocycles. The number of thiazole rings is 1. The number of ether oxygens (including phenoxy) is 1. The summed E-state index contributed by atoms with van der Waals surface area (Å²) in [7, 11) is 0. The van der Waals surface area contributed by atoms with Gasteiger partial charge in [0.1, 0.15) is 5.75 Å². The van der Waals surface area contributed by atoms with Crippen molar-refractivity contribution in [3.8, 4) is 17.0 Å². The zero-order valence-corrected chi connectivity index (χ0v) is 18.9. The SMILES string of the molecule is O=C1COc2ccc(-c3csc(=Nc4ccccc4C(F)(F)F)n3/N=C\c3cccs3)cc2N1. The zero-order valence-electron chi connectivity index (χ0n) is 17.2. The molecule has 1 amide bonds. The maximum Gasteiger partial charge on any atom is 0.418 e. The second-order valence-corrected chi connectivity index (χ2v) is 8.97. The Labute approximate surface area is 199 Å². The van der Waals surface area contributed by atoms with Gasteiger partial charge in [0.2, 0.25) is 4.80 Å². The highest BCUT2D eigenvalue weighted by atomic mass is 32.1. The number of amides is 1. The highest BCUT2D eigenvalue weighted by molar-refractivity contribution is 7.11. The number of rotatable bonds is 4. The standard InChI is InChI=1S/C23H15F3N4O2S2/c24-23(25,26)16-5-1-2-6-17(16)29-22-30(27-11-15-4-3-9-33-15)19(13-34-22)14-7-8-20-18(10-14)28-21(31)12-32-20/h1-11,13H,12H2,(H,28,31)/b27-11-,29-22?. The van der Waals surface area contributed by atoms with Crippen molar-refractivity contribution in [2.75, 3.05) is 11.9 Å². The van der Waals surface area contributed by atoms with Crippen LogP contribution in [0.25, 0.3) is 11.3 Å². The van der Waals surface area contributed by atoms with Gasteiger partial charge < -0.3 is 10.1 Å². The summed E-state index contributed by atoms with van der Waals surface area (Å²) in [4.78, 5) is 17.2. The largest absolute Gasteiger partial charge is 0.482 e. The summed E-state index contributed by atoms with van der Waals surface area (Å²) >= 11 is 2.64. The van der Waals surface area contributed by atoms with Crippen LogP contribution in [0.2, 0.25) is 0 Å². The number of anilines is 1. The average Bonchev–Trinajstić information content (AvgIpc) is 3.47. The highest BCUT2D eigenvalue weighted by Gasteiger charge is 2.33. The van der Waals surface area contributed by atoms with E-state index in [-0.39, 0.29) is 23.0 Å². The minimum absolute atomic E-state index is 0.0580. The molecule has 11 heteroatoms. The van der Waals surface area contributed by atoms with Crippen LogP contribution in [-0.2, 0) is 11.0 Å². The van der Waals surface area contributed by atoms with Gasteiger partial charge in [0, 0.05) is 15.8 Å².